The first-order valence-corrected chi connectivity index (χ1v) is 9.68. The van der Waals surface area contributed by atoms with Crippen LogP contribution in [-0.4, -0.2) is 81.2 Å². The number of carbonyl (C=O) groups is 1. The molecule has 3 rings (SSSR count). The zero-order valence-electron chi connectivity index (χ0n) is 14.4. The molecular formula is C16H23N3O5S. The molecule has 0 unspecified atom stereocenters. The molecule has 1 atom stereocenters. The van der Waals surface area contributed by atoms with Crippen LogP contribution >= 0.6 is 0 Å². The molecule has 0 bridgehead atoms. The lowest BCUT2D eigenvalue weighted by Gasteiger charge is -2.33. The Bertz CT molecular complexity index is 716. The van der Waals surface area contributed by atoms with Gasteiger partial charge >= 0.3 is 6.03 Å². The number of nitrogens with zero attached hydrogens (tertiary/aromatic N) is 3. The summed E-state index contributed by atoms with van der Waals surface area (Å²) in [5, 5.41) is 0. The summed E-state index contributed by atoms with van der Waals surface area (Å²) < 4.78 is 37.5. The lowest BCUT2D eigenvalue weighted by atomic mass is 10.3. The number of methoxy groups -OCH3 is 1. The highest BCUT2D eigenvalue weighted by molar-refractivity contribution is 7.89. The van der Waals surface area contributed by atoms with Crippen LogP contribution < -0.4 is 4.74 Å². The van der Waals surface area contributed by atoms with Gasteiger partial charge in [0.2, 0.25) is 10.0 Å². The van der Waals surface area contributed by atoms with Gasteiger partial charge in [0.1, 0.15) is 5.75 Å². The quantitative estimate of drug-likeness (QED) is 0.787. The highest BCUT2D eigenvalue weighted by atomic mass is 32.2. The summed E-state index contributed by atoms with van der Waals surface area (Å²) in [6.07, 6.45) is -0.526. The van der Waals surface area contributed by atoms with Crippen LogP contribution in [0.25, 0.3) is 0 Å². The van der Waals surface area contributed by atoms with E-state index in [1.54, 1.807) is 28.9 Å². The Kier molecular flexibility index (Phi) is 5.16. The molecule has 138 valence electrons. The van der Waals surface area contributed by atoms with Gasteiger partial charge in [0.05, 0.1) is 31.4 Å². The van der Waals surface area contributed by atoms with Gasteiger partial charge in [0.15, 0.2) is 0 Å². The molecule has 2 aliphatic rings. The van der Waals surface area contributed by atoms with Gasteiger partial charge in [-0.1, -0.05) is 0 Å². The van der Waals surface area contributed by atoms with Crippen molar-refractivity contribution in [3.63, 3.8) is 0 Å². The second-order valence-corrected chi connectivity index (χ2v) is 7.89. The van der Waals surface area contributed by atoms with Crippen molar-refractivity contribution >= 4 is 16.1 Å². The fraction of sp³-hybridized carbons (Fsp3) is 0.562. The Labute approximate surface area is 147 Å². The van der Waals surface area contributed by atoms with Crippen LogP contribution in [0.4, 0.5) is 4.79 Å². The summed E-state index contributed by atoms with van der Waals surface area (Å²) in [4.78, 5) is 16.2. The van der Waals surface area contributed by atoms with E-state index < -0.39 is 16.2 Å². The van der Waals surface area contributed by atoms with Crippen LogP contribution in [0.5, 0.6) is 5.75 Å². The molecule has 1 aromatic carbocycles. The molecule has 0 spiro atoms. The van der Waals surface area contributed by atoms with E-state index in [1.165, 1.54) is 23.5 Å². The number of urea groups is 1. The van der Waals surface area contributed by atoms with E-state index in [-0.39, 0.29) is 17.5 Å². The van der Waals surface area contributed by atoms with Crippen molar-refractivity contribution in [3.8, 4) is 5.75 Å². The van der Waals surface area contributed by atoms with Crippen molar-refractivity contribution in [1.29, 1.82) is 0 Å². The summed E-state index contributed by atoms with van der Waals surface area (Å²) >= 11 is 0. The van der Waals surface area contributed by atoms with Crippen molar-refractivity contribution in [2.75, 3.05) is 46.5 Å². The maximum absolute atomic E-state index is 12.9. The molecule has 25 heavy (non-hydrogen) atoms. The highest BCUT2D eigenvalue weighted by Gasteiger charge is 2.41. The summed E-state index contributed by atoms with van der Waals surface area (Å²) in [5.41, 5.74) is 0. The maximum atomic E-state index is 12.9. The van der Waals surface area contributed by atoms with Gasteiger partial charge < -0.3 is 19.3 Å². The Balaban J connectivity index is 1.75. The van der Waals surface area contributed by atoms with E-state index in [0.717, 1.165) is 0 Å². The Morgan fingerprint density at radius 1 is 1.12 bits per heavy atom. The van der Waals surface area contributed by atoms with Gasteiger partial charge in [-0.25, -0.2) is 13.2 Å². The Morgan fingerprint density at radius 3 is 2.36 bits per heavy atom. The minimum absolute atomic E-state index is 0.136. The third kappa shape index (κ3) is 3.44. The van der Waals surface area contributed by atoms with Gasteiger partial charge in [-0.3, -0.25) is 0 Å². The van der Waals surface area contributed by atoms with Crippen LogP contribution in [-0.2, 0) is 14.8 Å². The number of sulfonamides is 1. The molecule has 2 aliphatic heterocycles. The topological polar surface area (TPSA) is 79.4 Å². The second-order valence-electron chi connectivity index (χ2n) is 6.00. The molecule has 0 aliphatic carbocycles. The molecule has 2 saturated heterocycles. The predicted molar refractivity (Wildman–Crippen MR) is 90.8 cm³/mol. The standard InChI is InChI=1S/C16H23N3O5S/c1-13-18(16(20)17-9-11-24-12-10-17)7-8-19(13)25(21,22)15-5-3-14(23-2)4-6-15/h3-6,13H,7-12H2,1-2H3/t13-/m1/s1. The molecule has 0 saturated carbocycles. The van der Waals surface area contributed by atoms with Crippen LogP contribution in [0.15, 0.2) is 29.2 Å². The number of ether oxygens (including phenoxy) is 2. The van der Waals surface area contributed by atoms with Gasteiger partial charge in [-0.2, -0.15) is 4.31 Å². The molecule has 0 N–H and O–H groups in total. The second kappa shape index (κ2) is 7.19. The molecule has 2 amide bonds. The number of hydrogen-bond acceptors (Lipinski definition) is 5. The largest absolute Gasteiger partial charge is 0.497 e. The lowest BCUT2D eigenvalue weighted by Crippen LogP contribution is -2.51. The van der Waals surface area contributed by atoms with E-state index in [1.807, 2.05) is 0 Å². The molecule has 9 heteroatoms. The summed E-state index contributed by atoms with van der Waals surface area (Å²) in [6, 6.07) is 6.14. The fourth-order valence-electron chi connectivity index (χ4n) is 3.13. The van der Waals surface area contributed by atoms with Gasteiger partial charge in [0, 0.05) is 26.2 Å². The van der Waals surface area contributed by atoms with Crippen LogP contribution in [0, 0.1) is 0 Å². The first-order chi connectivity index (χ1) is 11.9. The third-order valence-corrected chi connectivity index (χ3v) is 6.60. The molecule has 0 aromatic heterocycles. The van der Waals surface area contributed by atoms with Gasteiger partial charge in [-0.15, -0.1) is 0 Å². The third-order valence-electron chi connectivity index (χ3n) is 4.62. The number of amides is 2. The molecule has 8 nitrogen and oxygen atoms in total. The Hall–Kier alpha value is -1.84. The highest BCUT2D eigenvalue weighted by Crippen LogP contribution is 2.26. The van der Waals surface area contributed by atoms with Crippen molar-refractivity contribution < 1.29 is 22.7 Å². The smallest absolute Gasteiger partial charge is 0.321 e. The molecule has 2 fully saturated rings. The van der Waals surface area contributed by atoms with Gasteiger partial charge in [0.25, 0.3) is 0 Å². The zero-order valence-corrected chi connectivity index (χ0v) is 15.2. The van der Waals surface area contributed by atoms with E-state index in [9.17, 15) is 13.2 Å². The molecule has 0 radical (unpaired) electrons. The summed E-state index contributed by atoms with van der Waals surface area (Å²) in [7, 11) is -2.14. The number of benzene rings is 1. The van der Waals surface area contributed by atoms with Crippen LogP contribution in [0.3, 0.4) is 0 Å². The van der Waals surface area contributed by atoms with E-state index in [2.05, 4.69) is 0 Å². The molecule has 1 aromatic rings. The predicted octanol–water partition coefficient (Wildman–Crippen LogP) is 0.800. The maximum Gasteiger partial charge on any atom is 0.321 e. The summed E-state index contributed by atoms with van der Waals surface area (Å²) in [6.45, 7) is 4.51. The average molecular weight is 369 g/mol. The van der Waals surface area contributed by atoms with Crippen LogP contribution in [0.1, 0.15) is 6.92 Å². The van der Waals surface area contributed by atoms with Crippen molar-refractivity contribution in [2.24, 2.45) is 0 Å². The molecule has 2 heterocycles. The van der Waals surface area contributed by atoms with Crippen molar-refractivity contribution in [3.05, 3.63) is 24.3 Å². The Morgan fingerprint density at radius 2 is 1.76 bits per heavy atom. The number of morpholine rings is 1. The minimum Gasteiger partial charge on any atom is -0.497 e. The van der Waals surface area contributed by atoms with E-state index >= 15 is 0 Å². The lowest BCUT2D eigenvalue weighted by molar-refractivity contribution is 0.0410. The molecular weight excluding hydrogens is 346 g/mol. The average Bonchev–Trinajstić information content (AvgIpc) is 3.04. The number of carbonyl (C=O) groups excluding carboxylic acids is 1. The minimum atomic E-state index is -3.67. The normalized spacial score (nSPS) is 22.2. The first kappa shape index (κ1) is 18.0. The van der Waals surface area contributed by atoms with E-state index in [4.69, 9.17) is 9.47 Å². The summed E-state index contributed by atoms with van der Waals surface area (Å²) in [5.74, 6) is 0.595. The van der Waals surface area contributed by atoms with Crippen molar-refractivity contribution in [2.45, 2.75) is 18.0 Å². The van der Waals surface area contributed by atoms with Gasteiger partial charge in [-0.05, 0) is 31.2 Å². The SMILES string of the molecule is COc1ccc(S(=O)(=O)N2CCN(C(=O)N3CCOCC3)[C@H]2C)cc1. The zero-order chi connectivity index (χ0) is 18.0. The number of hydrogen-bond donors (Lipinski definition) is 0. The first-order valence-electron chi connectivity index (χ1n) is 8.24. The fourth-order valence-corrected chi connectivity index (χ4v) is 4.72. The monoisotopic (exact) mass is 369 g/mol. The van der Waals surface area contributed by atoms with Crippen LogP contribution in [0.2, 0.25) is 0 Å². The number of rotatable bonds is 3. The van der Waals surface area contributed by atoms with Crippen molar-refractivity contribution in [1.82, 2.24) is 14.1 Å². The van der Waals surface area contributed by atoms with E-state index in [0.29, 0.717) is 38.6 Å².